The van der Waals surface area contributed by atoms with E-state index in [0.717, 1.165) is 38.3 Å². The van der Waals surface area contributed by atoms with Gasteiger partial charge >= 0.3 is 0 Å². The lowest BCUT2D eigenvalue weighted by Gasteiger charge is -2.14. The molecule has 29 heavy (non-hydrogen) atoms. The molecule has 1 aromatic rings. The molecule has 0 aliphatic heterocycles. The van der Waals surface area contributed by atoms with Crippen LogP contribution >= 0.6 is 0 Å². The van der Waals surface area contributed by atoms with E-state index in [0.29, 0.717) is 6.42 Å². The number of rotatable bonds is 12. The van der Waals surface area contributed by atoms with Gasteiger partial charge in [-0.15, -0.1) is 0 Å². The Morgan fingerprint density at radius 3 is 2.59 bits per heavy atom. The highest BCUT2D eigenvalue weighted by molar-refractivity contribution is 5.75. The van der Waals surface area contributed by atoms with Crippen LogP contribution in [0.1, 0.15) is 70.3 Å². The van der Waals surface area contributed by atoms with Gasteiger partial charge in [-0.25, -0.2) is 0 Å². The quantitative estimate of drug-likeness (QED) is 0.342. The van der Waals surface area contributed by atoms with Gasteiger partial charge in [-0.1, -0.05) is 61.1 Å². The fourth-order valence-electron chi connectivity index (χ4n) is 4.01. The predicted molar refractivity (Wildman–Crippen MR) is 124 cm³/mol. The van der Waals surface area contributed by atoms with Crippen LogP contribution in [0.3, 0.4) is 0 Å². The Balaban J connectivity index is 0.00000204. The molecule has 0 radical (unpaired) electrons. The van der Waals surface area contributed by atoms with Crippen molar-refractivity contribution in [3.8, 4) is 0 Å². The molecule has 1 aromatic carbocycles. The SMILES string of the molecule is CCNC(=O)CCC/C=C\C[C@H]1CCCC1/C=C/CCCc1ccccc1.CO. The fourth-order valence-corrected chi connectivity index (χ4v) is 4.01. The second-order valence-electron chi connectivity index (χ2n) is 7.71. The van der Waals surface area contributed by atoms with Crippen molar-refractivity contribution in [2.24, 2.45) is 11.8 Å². The summed E-state index contributed by atoms with van der Waals surface area (Å²) in [6, 6.07) is 10.8. The van der Waals surface area contributed by atoms with Crippen LogP contribution in [-0.4, -0.2) is 24.7 Å². The Morgan fingerprint density at radius 2 is 1.83 bits per heavy atom. The smallest absolute Gasteiger partial charge is 0.219 e. The van der Waals surface area contributed by atoms with Crippen molar-refractivity contribution in [3.05, 3.63) is 60.2 Å². The lowest BCUT2D eigenvalue weighted by molar-refractivity contribution is -0.121. The zero-order valence-electron chi connectivity index (χ0n) is 18.5. The summed E-state index contributed by atoms with van der Waals surface area (Å²) in [4.78, 5) is 11.4. The zero-order valence-corrected chi connectivity index (χ0v) is 18.5. The molecule has 1 unspecified atom stereocenters. The number of unbranched alkanes of at least 4 members (excludes halogenated alkanes) is 2. The lowest BCUT2D eigenvalue weighted by atomic mass is 9.92. The predicted octanol–water partition coefficient (Wildman–Crippen LogP) is 5.84. The normalized spacial score (nSPS) is 18.7. The Labute approximate surface area is 178 Å². The summed E-state index contributed by atoms with van der Waals surface area (Å²) in [7, 11) is 1.00. The molecule has 0 heterocycles. The van der Waals surface area contributed by atoms with Crippen molar-refractivity contribution in [1.29, 1.82) is 0 Å². The largest absolute Gasteiger partial charge is 0.400 e. The van der Waals surface area contributed by atoms with Gasteiger partial charge in [-0.3, -0.25) is 4.79 Å². The molecule has 0 spiro atoms. The lowest BCUT2D eigenvalue weighted by Crippen LogP contribution is -2.21. The molecule has 0 saturated heterocycles. The first-order valence-corrected chi connectivity index (χ1v) is 11.4. The molecule has 0 bridgehead atoms. The minimum Gasteiger partial charge on any atom is -0.400 e. The number of allylic oxidation sites excluding steroid dienone is 4. The summed E-state index contributed by atoms with van der Waals surface area (Å²) in [5, 5.41) is 9.85. The summed E-state index contributed by atoms with van der Waals surface area (Å²) in [5.41, 5.74) is 1.45. The molecule has 2 rings (SSSR count). The minimum atomic E-state index is 0.180. The number of amides is 1. The van der Waals surface area contributed by atoms with E-state index in [2.05, 4.69) is 60.0 Å². The van der Waals surface area contributed by atoms with Gasteiger partial charge in [0.15, 0.2) is 0 Å². The molecule has 0 aromatic heterocycles. The standard InChI is InChI=1S/C25H37NO.CH4O/c1-2-26-25(27)21-12-4-3-10-17-23-19-13-20-24(23)18-11-6-9-16-22-14-7-5-8-15-22;1-2/h3,5,7-8,10-11,14-15,18,23-24H,2,4,6,9,12-13,16-17,19-21H2,1H3,(H,26,27);2H,1H3/b10-3-,18-11+;/t23-,24?;/m0./s1. The van der Waals surface area contributed by atoms with Crippen molar-refractivity contribution in [3.63, 3.8) is 0 Å². The van der Waals surface area contributed by atoms with Gasteiger partial charge in [0.1, 0.15) is 0 Å². The van der Waals surface area contributed by atoms with Crippen LogP contribution < -0.4 is 5.32 Å². The number of aryl methyl sites for hydroxylation is 1. The number of aliphatic hydroxyl groups excluding tert-OH is 1. The van der Waals surface area contributed by atoms with Gasteiger partial charge in [0.25, 0.3) is 0 Å². The molecule has 1 amide bonds. The fraction of sp³-hybridized carbons (Fsp3) is 0.577. The highest BCUT2D eigenvalue weighted by Gasteiger charge is 2.23. The van der Waals surface area contributed by atoms with Crippen LogP contribution in [0, 0.1) is 11.8 Å². The molecular weight excluding hydrogens is 358 g/mol. The molecule has 1 aliphatic carbocycles. The van der Waals surface area contributed by atoms with Crippen molar-refractivity contribution < 1.29 is 9.90 Å². The molecule has 3 heteroatoms. The summed E-state index contributed by atoms with van der Waals surface area (Å²) in [6.45, 7) is 2.70. The number of carbonyl (C=O) groups excluding carboxylic acids is 1. The Kier molecular flexibility index (Phi) is 14.8. The molecule has 1 fully saturated rings. The third-order valence-corrected chi connectivity index (χ3v) is 5.53. The molecule has 1 aliphatic rings. The van der Waals surface area contributed by atoms with Crippen molar-refractivity contribution >= 4 is 5.91 Å². The maximum absolute atomic E-state index is 11.4. The van der Waals surface area contributed by atoms with E-state index in [9.17, 15) is 4.79 Å². The van der Waals surface area contributed by atoms with E-state index in [1.807, 2.05) is 6.92 Å². The summed E-state index contributed by atoms with van der Waals surface area (Å²) in [6.07, 6.45) is 21.0. The first kappa shape index (κ1) is 25.2. The molecule has 1 saturated carbocycles. The highest BCUT2D eigenvalue weighted by atomic mass is 16.2. The van der Waals surface area contributed by atoms with E-state index in [4.69, 9.17) is 5.11 Å². The highest BCUT2D eigenvalue weighted by Crippen LogP contribution is 2.35. The molecule has 3 nitrogen and oxygen atoms in total. The van der Waals surface area contributed by atoms with Gasteiger partial charge in [0, 0.05) is 20.1 Å². The second kappa shape index (κ2) is 17.0. The number of hydrogen-bond donors (Lipinski definition) is 2. The van der Waals surface area contributed by atoms with Gasteiger partial charge < -0.3 is 10.4 Å². The van der Waals surface area contributed by atoms with Gasteiger partial charge in [-0.2, -0.15) is 0 Å². The number of hydrogen-bond acceptors (Lipinski definition) is 2. The minimum absolute atomic E-state index is 0.180. The zero-order chi connectivity index (χ0) is 21.2. The Hall–Kier alpha value is -1.87. The molecular formula is C26H41NO2. The average Bonchev–Trinajstić information content (AvgIpc) is 3.20. The number of aliphatic hydroxyl groups is 1. The molecule has 162 valence electrons. The summed E-state index contributed by atoms with van der Waals surface area (Å²) in [5.74, 6) is 1.76. The van der Waals surface area contributed by atoms with E-state index in [-0.39, 0.29) is 5.91 Å². The topological polar surface area (TPSA) is 49.3 Å². The Bertz CT molecular complexity index is 580. The van der Waals surface area contributed by atoms with E-state index in [1.165, 1.54) is 50.5 Å². The first-order chi connectivity index (χ1) is 14.3. The molecule has 2 N–H and O–H groups in total. The van der Waals surface area contributed by atoms with Crippen molar-refractivity contribution in [1.82, 2.24) is 5.32 Å². The Morgan fingerprint density at radius 1 is 1.07 bits per heavy atom. The van der Waals surface area contributed by atoms with Crippen LogP contribution in [0.4, 0.5) is 0 Å². The van der Waals surface area contributed by atoms with Crippen LogP contribution in [0.15, 0.2) is 54.6 Å². The summed E-state index contributed by atoms with van der Waals surface area (Å²) < 4.78 is 0. The van der Waals surface area contributed by atoms with Crippen LogP contribution in [-0.2, 0) is 11.2 Å². The van der Waals surface area contributed by atoms with E-state index < -0.39 is 0 Å². The number of carbonyl (C=O) groups is 1. The molecule has 2 atom stereocenters. The first-order valence-electron chi connectivity index (χ1n) is 11.4. The maximum Gasteiger partial charge on any atom is 0.219 e. The van der Waals surface area contributed by atoms with Gasteiger partial charge in [0.2, 0.25) is 5.91 Å². The van der Waals surface area contributed by atoms with Gasteiger partial charge in [0.05, 0.1) is 0 Å². The average molecular weight is 400 g/mol. The van der Waals surface area contributed by atoms with Gasteiger partial charge in [-0.05, 0) is 75.7 Å². The third kappa shape index (κ3) is 11.7. The van der Waals surface area contributed by atoms with Crippen LogP contribution in [0.2, 0.25) is 0 Å². The summed E-state index contributed by atoms with van der Waals surface area (Å²) >= 11 is 0. The van der Waals surface area contributed by atoms with Crippen molar-refractivity contribution in [2.75, 3.05) is 13.7 Å². The monoisotopic (exact) mass is 399 g/mol. The van der Waals surface area contributed by atoms with Crippen molar-refractivity contribution in [2.45, 2.75) is 71.1 Å². The second-order valence-corrected chi connectivity index (χ2v) is 7.71. The van der Waals surface area contributed by atoms with Crippen LogP contribution in [0.25, 0.3) is 0 Å². The number of benzene rings is 1. The number of nitrogens with one attached hydrogen (secondary N) is 1. The maximum atomic E-state index is 11.4. The van der Waals surface area contributed by atoms with E-state index in [1.54, 1.807) is 0 Å². The van der Waals surface area contributed by atoms with Crippen LogP contribution in [0.5, 0.6) is 0 Å². The van der Waals surface area contributed by atoms with E-state index >= 15 is 0 Å². The third-order valence-electron chi connectivity index (χ3n) is 5.53.